The third-order valence-corrected chi connectivity index (χ3v) is 0.885. The maximum Gasteiger partial charge on any atom is 0.0324 e. The summed E-state index contributed by atoms with van der Waals surface area (Å²) in [5.74, 6) is 0.435. The van der Waals surface area contributed by atoms with E-state index in [9.17, 15) is 0 Å². The van der Waals surface area contributed by atoms with Crippen LogP contribution in [0.5, 0.6) is 0 Å². The second-order valence-corrected chi connectivity index (χ2v) is 1.59. The first kappa shape index (κ1) is 3.59. The molecule has 0 aromatic rings. The smallest absolute Gasteiger partial charge is 0.0324 e. The lowest BCUT2D eigenvalue weighted by Gasteiger charge is -1.83. The fraction of sp³-hybridized carbons (Fsp3) is 0.400. The highest BCUT2D eigenvalue weighted by Gasteiger charge is 2.10. The minimum absolute atomic E-state index is 0.435. The maximum atomic E-state index is 6.95. The van der Waals surface area contributed by atoms with Gasteiger partial charge in [0.15, 0.2) is 0 Å². The Morgan fingerprint density at radius 3 is 2.17 bits per heavy atom. The zero-order valence-corrected chi connectivity index (χ0v) is 3.73. The first-order valence-corrected chi connectivity index (χ1v) is 2.04. The van der Waals surface area contributed by atoms with E-state index in [1.165, 1.54) is 0 Å². The lowest BCUT2D eigenvalue weighted by atomic mass is 10.3. The fourth-order valence-electron chi connectivity index (χ4n) is 0.344. The summed E-state index contributed by atoms with van der Waals surface area (Å²) in [6, 6.07) is 0. The van der Waals surface area contributed by atoms with Gasteiger partial charge in [0, 0.05) is 11.6 Å². The number of hydrogen-bond donors (Lipinski definition) is 1. The Morgan fingerprint density at radius 1 is 1.67 bits per heavy atom. The summed E-state index contributed by atoms with van der Waals surface area (Å²) in [5.41, 5.74) is 0.759. The van der Waals surface area contributed by atoms with Crippen molar-refractivity contribution in [2.75, 3.05) is 0 Å². The molecule has 1 N–H and O–H groups in total. The van der Waals surface area contributed by atoms with Gasteiger partial charge in [0.05, 0.1) is 0 Å². The average molecular weight is 81.1 g/mol. The van der Waals surface area contributed by atoms with Crippen molar-refractivity contribution in [1.29, 1.82) is 5.41 Å². The van der Waals surface area contributed by atoms with Crippen molar-refractivity contribution >= 4 is 5.71 Å². The van der Waals surface area contributed by atoms with E-state index in [1.807, 2.05) is 19.1 Å². The van der Waals surface area contributed by atoms with Crippen LogP contribution < -0.4 is 0 Å². The lowest BCUT2D eigenvalue weighted by molar-refractivity contribution is 1.25. The van der Waals surface area contributed by atoms with Crippen molar-refractivity contribution in [3.8, 4) is 0 Å². The molecule has 32 valence electrons. The number of rotatable bonds is 1. The Kier molecular flexibility index (Phi) is 0.560. The predicted octanol–water partition coefficient (Wildman–Crippen LogP) is 1.21. The quantitative estimate of drug-likeness (QED) is 0.362. The highest BCUT2D eigenvalue weighted by Crippen LogP contribution is 2.15. The van der Waals surface area contributed by atoms with Crippen LogP contribution in [0, 0.1) is 11.3 Å². The molecule has 0 aliphatic heterocycles. The third-order valence-electron chi connectivity index (χ3n) is 0.885. The highest BCUT2D eigenvalue weighted by atomic mass is 14.4. The molecule has 0 aromatic carbocycles. The van der Waals surface area contributed by atoms with Crippen molar-refractivity contribution < 1.29 is 0 Å². The van der Waals surface area contributed by atoms with Crippen molar-refractivity contribution in [3.63, 3.8) is 0 Å². The average Bonchev–Trinajstić information content (AvgIpc) is 2.06. The van der Waals surface area contributed by atoms with Gasteiger partial charge in [0.2, 0.25) is 0 Å². The number of nitrogens with one attached hydrogen (secondary N) is 1. The van der Waals surface area contributed by atoms with Crippen LogP contribution in [-0.4, -0.2) is 5.71 Å². The second-order valence-electron chi connectivity index (χ2n) is 1.59. The van der Waals surface area contributed by atoms with E-state index in [-0.39, 0.29) is 0 Å². The zero-order chi connectivity index (χ0) is 4.57. The maximum absolute atomic E-state index is 6.95. The predicted molar refractivity (Wildman–Crippen MR) is 26.0 cm³/mol. The van der Waals surface area contributed by atoms with Gasteiger partial charge in [-0.2, -0.15) is 0 Å². The molecule has 0 fully saturated rings. The summed E-state index contributed by atoms with van der Waals surface area (Å²) in [6.45, 7) is 1.82. The number of hydrogen-bond acceptors (Lipinski definition) is 1. The van der Waals surface area contributed by atoms with E-state index in [0.29, 0.717) is 5.92 Å². The molecule has 0 saturated heterocycles. The fourth-order valence-corrected chi connectivity index (χ4v) is 0.344. The van der Waals surface area contributed by atoms with Gasteiger partial charge in [-0.25, -0.2) is 0 Å². The van der Waals surface area contributed by atoms with E-state index in [1.54, 1.807) is 0 Å². The minimum atomic E-state index is 0.435. The van der Waals surface area contributed by atoms with E-state index in [2.05, 4.69) is 0 Å². The highest BCUT2D eigenvalue weighted by molar-refractivity contribution is 5.87. The standard InChI is InChI=1S/C5H7N/c1-4(6)5-2-3-5/h2-3,5-6H,1H3. The summed E-state index contributed by atoms with van der Waals surface area (Å²) >= 11 is 0. The van der Waals surface area contributed by atoms with Gasteiger partial charge >= 0.3 is 0 Å². The second kappa shape index (κ2) is 0.934. The first-order valence-electron chi connectivity index (χ1n) is 2.04. The van der Waals surface area contributed by atoms with Crippen LogP contribution in [0.1, 0.15) is 6.92 Å². The lowest BCUT2D eigenvalue weighted by Crippen LogP contribution is -1.89. The molecule has 0 saturated carbocycles. The van der Waals surface area contributed by atoms with Gasteiger partial charge in [-0.3, -0.25) is 0 Å². The molecule has 0 unspecified atom stereocenters. The van der Waals surface area contributed by atoms with Crippen molar-refractivity contribution in [2.45, 2.75) is 6.92 Å². The molecule has 0 aromatic heterocycles. The third kappa shape index (κ3) is 0.482. The van der Waals surface area contributed by atoms with Gasteiger partial charge in [-0.05, 0) is 6.92 Å². The van der Waals surface area contributed by atoms with E-state index >= 15 is 0 Å². The molecule has 0 spiro atoms. The Labute approximate surface area is 37.2 Å². The topological polar surface area (TPSA) is 23.9 Å². The molecule has 1 aliphatic carbocycles. The van der Waals surface area contributed by atoms with E-state index in [0.717, 1.165) is 5.71 Å². The van der Waals surface area contributed by atoms with Gasteiger partial charge in [-0.1, -0.05) is 12.2 Å². The summed E-state index contributed by atoms with van der Waals surface area (Å²) in [7, 11) is 0. The Bertz CT molecular complexity index is 96.5. The van der Waals surface area contributed by atoms with Crippen LogP contribution in [-0.2, 0) is 0 Å². The van der Waals surface area contributed by atoms with Crippen LogP contribution in [0.15, 0.2) is 12.2 Å². The van der Waals surface area contributed by atoms with Gasteiger partial charge < -0.3 is 5.41 Å². The van der Waals surface area contributed by atoms with Crippen LogP contribution in [0.4, 0.5) is 0 Å². The monoisotopic (exact) mass is 81.1 g/mol. The van der Waals surface area contributed by atoms with Crippen LogP contribution in [0.2, 0.25) is 0 Å². The normalized spacial score (nSPS) is 18.2. The summed E-state index contributed by atoms with van der Waals surface area (Å²) in [6.07, 6.45) is 4.03. The van der Waals surface area contributed by atoms with E-state index < -0.39 is 0 Å². The number of allylic oxidation sites excluding steroid dienone is 2. The summed E-state index contributed by atoms with van der Waals surface area (Å²) in [5, 5.41) is 6.95. The van der Waals surface area contributed by atoms with Crippen molar-refractivity contribution in [1.82, 2.24) is 0 Å². The molecule has 1 aliphatic rings. The van der Waals surface area contributed by atoms with Crippen LogP contribution >= 0.6 is 0 Å². The Hall–Kier alpha value is -0.590. The Balaban J connectivity index is 2.35. The summed E-state index contributed by atoms with van der Waals surface area (Å²) in [4.78, 5) is 0. The van der Waals surface area contributed by atoms with Gasteiger partial charge in [0.25, 0.3) is 0 Å². The molecule has 0 atom stereocenters. The molecule has 0 heterocycles. The zero-order valence-electron chi connectivity index (χ0n) is 3.73. The minimum Gasteiger partial charge on any atom is -0.309 e. The molecule has 1 rings (SSSR count). The molecule has 1 heteroatoms. The summed E-state index contributed by atoms with van der Waals surface area (Å²) < 4.78 is 0. The molecule has 0 bridgehead atoms. The molecular weight excluding hydrogens is 74.1 g/mol. The van der Waals surface area contributed by atoms with E-state index in [4.69, 9.17) is 5.41 Å². The van der Waals surface area contributed by atoms with Crippen LogP contribution in [0.25, 0.3) is 0 Å². The Morgan fingerprint density at radius 2 is 2.17 bits per heavy atom. The molecular formula is C5H7N. The van der Waals surface area contributed by atoms with Crippen molar-refractivity contribution in [2.24, 2.45) is 5.92 Å². The molecule has 0 radical (unpaired) electrons. The molecule has 0 amide bonds. The van der Waals surface area contributed by atoms with Crippen LogP contribution in [0.3, 0.4) is 0 Å². The SMILES string of the molecule is CC(=N)C1C=C1. The molecule has 6 heavy (non-hydrogen) atoms. The largest absolute Gasteiger partial charge is 0.309 e. The first-order chi connectivity index (χ1) is 2.80. The van der Waals surface area contributed by atoms with Gasteiger partial charge in [-0.15, -0.1) is 0 Å². The van der Waals surface area contributed by atoms with Crippen molar-refractivity contribution in [3.05, 3.63) is 12.2 Å². The van der Waals surface area contributed by atoms with Gasteiger partial charge in [0.1, 0.15) is 0 Å². The molecule has 1 nitrogen and oxygen atoms in total.